The molecule has 22 heavy (non-hydrogen) atoms. The number of rotatable bonds is 5. The van der Waals surface area contributed by atoms with Crippen LogP contribution >= 0.6 is 0 Å². The van der Waals surface area contributed by atoms with Crippen molar-refractivity contribution < 1.29 is 0 Å². The Bertz CT molecular complexity index is 741. The second-order valence-electron chi connectivity index (χ2n) is 5.12. The smallest absolute Gasteiger partial charge is 0.270 e. The number of nitrogens with one attached hydrogen (secondary N) is 2. The predicted molar refractivity (Wildman–Crippen MR) is 88.1 cm³/mol. The molecular formula is C16H19N5O. The Labute approximate surface area is 129 Å². The van der Waals surface area contributed by atoms with Gasteiger partial charge in [0.05, 0.1) is 5.69 Å². The van der Waals surface area contributed by atoms with E-state index in [1.165, 1.54) is 0 Å². The molecule has 2 rings (SSSR count). The maximum Gasteiger partial charge on any atom is 0.270 e. The molecule has 1 aromatic carbocycles. The molecule has 6 heteroatoms. The Kier molecular flexibility index (Phi) is 4.79. The normalized spacial score (nSPS) is 10.1. The Hall–Kier alpha value is -2.81. The summed E-state index contributed by atoms with van der Waals surface area (Å²) in [4.78, 5) is 21.0. The van der Waals surface area contributed by atoms with Crippen molar-refractivity contribution in [1.29, 1.82) is 5.26 Å². The second kappa shape index (κ2) is 6.76. The summed E-state index contributed by atoms with van der Waals surface area (Å²) >= 11 is 0. The number of aromatic amines is 1. The van der Waals surface area contributed by atoms with Crippen molar-refractivity contribution in [3.8, 4) is 17.3 Å². The van der Waals surface area contributed by atoms with Crippen molar-refractivity contribution in [2.45, 2.75) is 13.3 Å². The topological polar surface area (TPSA) is 84.8 Å². The molecule has 1 heterocycles. The predicted octanol–water partition coefficient (Wildman–Crippen LogP) is 2.20. The number of nitriles is 1. The van der Waals surface area contributed by atoms with Gasteiger partial charge in [-0.1, -0.05) is 19.1 Å². The van der Waals surface area contributed by atoms with E-state index in [1.807, 2.05) is 56.3 Å². The Morgan fingerprint density at radius 2 is 2.00 bits per heavy atom. The van der Waals surface area contributed by atoms with Crippen LogP contribution < -0.4 is 15.8 Å². The van der Waals surface area contributed by atoms with Gasteiger partial charge in [0.2, 0.25) is 5.95 Å². The summed E-state index contributed by atoms with van der Waals surface area (Å²) in [6, 6.07) is 9.52. The molecule has 0 fully saturated rings. The van der Waals surface area contributed by atoms with Crippen LogP contribution in [0.5, 0.6) is 0 Å². The van der Waals surface area contributed by atoms with E-state index < -0.39 is 5.56 Å². The largest absolute Gasteiger partial charge is 0.378 e. The highest BCUT2D eigenvalue weighted by molar-refractivity contribution is 5.69. The fraction of sp³-hybridized carbons (Fsp3) is 0.312. The average Bonchev–Trinajstić information content (AvgIpc) is 2.52. The molecule has 0 atom stereocenters. The molecule has 0 aliphatic heterocycles. The number of nitrogens with zero attached hydrogens (tertiary/aromatic N) is 3. The van der Waals surface area contributed by atoms with E-state index >= 15 is 0 Å². The van der Waals surface area contributed by atoms with Crippen LogP contribution in [-0.2, 0) is 0 Å². The molecule has 0 aliphatic carbocycles. The molecule has 0 bridgehead atoms. The van der Waals surface area contributed by atoms with Gasteiger partial charge in [0.25, 0.3) is 5.56 Å². The van der Waals surface area contributed by atoms with Gasteiger partial charge in [0.1, 0.15) is 11.6 Å². The number of benzene rings is 1. The second-order valence-corrected chi connectivity index (χ2v) is 5.12. The summed E-state index contributed by atoms with van der Waals surface area (Å²) < 4.78 is 0. The minimum absolute atomic E-state index is 0.0275. The molecule has 6 nitrogen and oxygen atoms in total. The monoisotopic (exact) mass is 297 g/mol. The lowest BCUT2D eigenvalue weighted by Crippen LogP contribution is -2.17. The number of hydrogen-bond donors (Lipinski definition) is 2. The van der Waals surface area contributed by atoms with Crippen molar-refractivity contribution in [3.05, 3.63) is 40.2 Å². The zero-order valence-corrected chi connectivity index (χ0v) is 13.0. The highest BCUT2D eigenvalue weighted by atomic mass is 16.1. The van der Waals surface area contributed by atoms with E-state index in [2.05, 4.69) is 15.3 Å². The number of hydrogen-bond acceptors (Lipinski definition) is 5. The Morgan fingerprint density at radius 1 is 1.32 bits per heavy atom. The number of aromatic nitrogens is 2. The molecule has 0 radical (unpaired) electrons. The molecule has 0 aliphatic rings. The first kappa shape index (κ1) is 15.6. The molecule has 114 valence electrons. The van der Waals surface area contributed by atoms with Crippen LogP contribution in [0.25, 0.3) is 11.3 Å². The molecule has 2 N–H and O–H groups in total. The molecule has 0 unspecified atom stereocenters. The summed E-state index contributed by atoms with van der Waals surface area (Å²) in [7, 11) is 3.90. The summed E-state index contributed by atoms with van der Waals surface area (Å²) in [5.41, 5.74) is 1.78. The van der Waals surface area contributed by atoms with E-state index in [0.717, 1.165) is 17.7 Å². The number of H-pyrrole nitrogens is 1. The van der Waals surface area contributed by atoms with Crippen LogP contribution in [0.4, 0.5) is 11.6 Å². The molecule has 2 aromatic rings. The van der Waals surface area contributed by atoms with Crippen LogP contribution in [0.3, 0.4) is 0 Å². The van der Waals surface area contributed by atoms with Crippen molar-refractivity contribution in [2.24, 2.45) is 0 Å². The molecular weight excluding hydrogens is 278 g/mol. The molecule has 1 aromatic heterocycles. The van der Waals surface area contributed by atoms with Gasteiger partial charge in [-0.3, -0.25) is 9.78 Å². The Balaban J connectivity index is 2.50. The van der Waals surface area contributed by atoms with Crippen LogP contribution in [0.1, 0.15) is 18.9 Å². The molecule has 0 saturated heterocycles. The van der Waals surface area contributed by atoms with E-state index in [-0.39, 0.29) is 5.56 Å². The minimum atomic E-state index is -0.428. The molecule has 0 amide bonds. The van der Waals surface area contributed by atoms with Crippen molar-refractivity contribution in [3.63, 3.8) is 0 Å². The lowest BCUT2D eigenvalue weighted by molar-refractivity contribution is 0.946. The van der Waals surface area contributed by atoms with Gasteiger partial charge in [-0.05, 0) is 18.6 Å². The van der Waals surface area contributed by atoms with Crippen LogP contribution in [-0.4, -0.2) is 30.6 Å². The summed E-state index contributed by atoms with van der Waals surface area (Å²) in [6.45, 7) is 2.73. The van der Waals surface area contributed by atoms with Crippen LogP contribution in [0.15, 0.2) is 29.1 Å². The van der Waals surface area contributed by atoms with Crippen molar-refractivity contribution >= 4 is 11.6 Å². The van der Waals surface area contributed by atoms with E-state index in [1.54, 1.807) is 0 Å². The van der Waals surface area contributed by atoms with Gasteiger partial charge in [-0.25, -0.2) is 4.98 Å². The maximum atomic E-state index is 12.0. The standard InChI is InChI=1S/C16H19N5O/c1-4-9-18-16-19-14(13(10-17)15(22)20-16)11-5-7-12(8-6-11)21(2)3/h5-8H,4,9H2,1-3H3,(H2,18,19,20,22). The average molecular weight is 297 g/mol. The SMILES string of the molecule is CCCNc1nc(-c2ccc(N(C)C)cc2)c(C#N)c(=O)[nH]1. The third-order valence-electron chi connectivity index (χ3n) is 3.23. The van der Waals surface area contributed by atoms with Gasteiger partial charge in [-0.2, -0.15) is 5.26 Å². The first-order valence-electron chi connectivity index (χ1n) is 7.13. The van der Waals surface area contributed by atoms with Crippen molar-refractivity contribution in [2.75, 3.05) is 30.9 Å². The summed E-state index contributed by atoms with van der Waals surface area (Å²) in [6.07, 6.45) is 0.913. The van der Waals surface area contributed by atoms with Crippen molar-refractivity contribution in [1.82, 2.24) is 9.97 Å². The van der Waals surface area contributed by atoms with Gasteiger partial charge >= 0.3 is 0 Å². The first-order valence-corrected chi connectivity index (χ1v) is 7.13. The lowest BCUT2D eigenvalue weighted by Gasteiger charge is -2.13. The zero-order valence-electron chi connectivity index (χ0n) is 13.0. The minimum Gasteiger partial charge on any atom is -0.378 e. The fourth-order valence-electron chi connectivity index (χ4n) is 2.03. The molecule has 0 saturated carbocycles. The van der Waals surface area contributed by atoms with Gasteiger partial charge in [-0.15, -0.1) is 0 Å². The Morgan fingerprint density at radius 3 is 2.55 bits per heavy atom. The van der Waals surface area contributed by atoms with Crippen LogP contribution in [0, 0.1) is 11.3 Å². The maximum absolute atomic E-state index is 12.0. The summed E-state index contributed by atoms with van der Waals surface area (Å²) in [5.74, 6) is 0.387. The third-order valence-corrected chi connectivity index (χ3v) is 3.23. The first-order chi connectivity index (χ1) is 10.6. The fourth-order valence-corrected chi connectivity index (χ4v) is 2.03. The van der Waals surface area contributed by atoms with Crippen LogP contribution in [0.2, 0.25) is 0 Å². The quantitative estimate of drug-likeness (QED) is 0.883. The highest BCUT2D eigenvalue weighted by Gasteiger charge is 2.13. The highest BCUT2D eigenvalue weighted by Crippen LogP contribution is 2.23. The van der Waals surface area contributed by atoms with Gasteiger partial charge in [0.15, 0.2) is 0 Å². The van der Waals surface area contributed by atoms with E-state index in [4.69, 9.17) is 0 Å². The third kappa shape index (κ3) is 3.26. The van der Waals surface area contributed by atoms with E-state index in [9.17, 15) is 10.1 Å². The molecule has 0 spiro atoms. The van der Waals surface area contributed by atoms with Gasteiger partial charge < -0.3 is 10.2 Å². The number of anilines is 2. The summed E-state index contributed by atoms with van der Waals surface area (Å²) in [5, 5.41) is 12.3. The van der Waals surface area contributed by atoms with Gasteiger partial charge in [0, 0.05) is 31.9 Å². The van der Waals surface area contributed by atoms with E-state index in [0.29, 0.717) is 18.2 Å². The zero-order chi connectivity index (χ0) is 16.1. The lowest BCUT2D eigenvalue weighted by atomic mass is 10.1.